The van der Waals surface area contributed by atoms with E-state index in [0.717, 1.165) is 12.1 Å². The van der Waals surface area contributed by atoms with Gasteiger partial charge in [-0.1, -0.05) is 12.1 Å². The Hall–Kier alpha value is -1.88. The molecule has 5 heteroatoms. The first-order chi connectivity index (χ1) is 8.78. The average molecular weight is 250 g/mol. The van der Waals surface area contributed by atoms with Crippen LogP contribution in [0.2, 0.25) is 0 Å². The van der Waals surface area contributed by atoms with E-state index in [0.29, 0.717) is 18.1 Å². The van der Waals surface area contributed by atoms with Crippen molar-refractivity contribution in [3.8, 4) is 5.75 Å². The summed E-state index contributed by atoms with van der Waals surface area (Å²) >= 11 is 0. The third kappa shape index (κ3) is 3.56. The fourth-order valence-corrected chi connectivity index (χ4v) is 1.55. The van der Waals surface area contributed by atoms with Crippen LogP contribution in [0.15, 0.2) is 35.0 Å². The molecule has 2 rings (SSSR count). The number of halogens is 1. The Morgan fingerprint density at radius 3 is 3.00 bits per heavy atom. The van der Waals surface area contributed by atoms with Gasteiger partial charge in [0.25, 0.3) is 0 Å². The van der Waals surface area contributed by atoms with Crippen molar-refractivity contribution < 1.29 is 13.7 Å². The van der Waals surface area contributed by atoms with Crippen LogP contribution in [0.5, 0.6) is 5.75 Å². The lowest BCUT2D eigenvalue weighted by molar-refractivity contribution is 0.248. The SMILES string of the molecule is CCNCc1cc(F)cc(OCc2ccno2)c1. The molecule has 0 radical (unpaired) electrons. The molecule has 1 aromatic carbocycles. The number of benzene rings is 1. The minimum atomic E-state index is -0.307. The maximum absolute atomic E-state index is 13.4. The zero-order valence-electron chi connectivity index (χ0n) is 10.1. The molecule has 1 heterocycles. The van der Waals surface area contributed by atoms with E-state index in [1.807, 2.05) is 13.0 Å². The van der Waals surface area contributed by atoms with Gasteiger partial charge in [-0.25, -0.2) is 4.39 Å². The summed E-state index contributed by atoms with van der Waals surface area (Å²) < 4.78 is 23.7. The van der Waals surface area contributed by atoms with Gasteiger partial charge in [0.2, 0.25) is 0 Å². The minimum absolute atomic E-state index is 0.240. The number of aromatic nitrogens is 1. The Morgan fingerprint density at radius 2 is 2.28 bits per heavy atom. The van der Waals surface area contributed by atoms with Crippen molar-refractivity contribution in [1.29, 1.82) is 0 Å². The lowest BCUT2D eigenvalue weighted by atomic mass is 10.2. The first-order valence-electron chi connectivity index (χ1n) is 5.80. The molecule has 0 aliphatic carbocycles. The molecule has 1 N–H and O–H groups in total. The van der Waals surface area contributed by atoms with Gasteiger partial charge in [-0.05, 0) is 24.2 Å². The second kappa shape index (κ2) is 6.16. The van der Waals surface area contributed by atoms with Gasteiger partial charge < -0.3 is 14.6 Å². The largest absolute Gasteiger partial charge is 0.485 e. The molecule has 0 spiro atoms. The molecule has 2 aromatic rings. The highest BCUT2D eigenvalue weighted by Crippen LogP contribution is 2.17. The van der Waals surface area contributed by atoms with Crippen LogP contribution in [-0.2, 0) is 13.2 Å². The second-order valence-electron chi connectivity index (χ2n) is 3.84. The topological polar surface area (TPSA) is 47.3 Å². The summed E-state index contributed by atoms with van der Waals surface area (Å²) in [4.78, 5) is 0. The fourth-order valence-electron chi connectivity index (χ4n) is 1.55. The third-order valence-electron chi connectivity index (χ3n) is 2.38. The quantitative estimate of drug-likeness (QED) is 0.855. The van der Waals surface area contributed by atoms with Crippen LogP contribution < -0.4 is 10.1 Å². The predicted molar refractivity (Wildman–Crippen MR) is 64.6 cm³/mol. The van der Waals surface area contributed by atoms with E-state index in [1.54, 1.807) is 12.3 Å². The molecule has 0 bridgehead atoms. The van der Waals surface area contributed by atoms with E-state index in [9.17, 15) is 4.39 Å². The molecule has 0 aliphatic heterocycles. The normalized spacial score (nSPS) is 10.6. The lowest BCUT2D eigenvalue weighted by Gasteiger charge is -2.07. The van der Waals surface area contributed by atoms with E-state index in [-0.39, 0.29) is 12.4 Å². The average Bonchev–Trinajstić information content (AvgIpc) is 2.86. The highest BCUT2D eigenvalue weighted by molar-refractivity contribution is 5.29. The van der Waals surface area contributed by atoms with Gasteiger partial charge in [0.15, 0.2) is 5.76 Å². The first-order valence-corrected chi connectivity index (χ1v) is 5.80. The molecule has 0 saturated carbocycles. The number of nitrogens with one attached hydrogen (secondary N) is 1. The minimum Gasteiger partial charge on any atom is -0.485 e. The van der Waals surface area contributed by atoms with Crippen LogP contribution in [-0.4, -0.2) is 11.7 Å². The molecule has 96 valence electrons. The van der Waals surface area contributed by atoms with Gasteiger partial charge >= 0.3 is 0 Å². The molecular weight excluding hydrogens is 235 g/mol. The van der Waals surface area contributed by atoms with Gasteiger partial charge in [-0.15, -0.1) is 0 Å². The van der Waals surface area contributed by atoms with Crippen LogP contribution in [0.4, 0.5) is 4.39 Å². The van der Waals surface area contributed by atoms with Crippen molar-refractivity contribution in [3.63, 3.8) is 0 Å². The van der Waals surface area contributed by atoms with Crippen LogP contribution in [0.25, 0.3) is 0 Å². The van der Waals surface area contributed by atoms with E-state index < -0.39 is 0 Å². The molecule has 4 nitrogen and oxygen atoms in total. The van der Waals surface area contributed by atoms with Crippen LogP contribution in [0.1, 0.15) is 18.2 Å². The monoisotopic (exact) mass is 250 g/mol. The van der Waals surface area contributed by atoms with E-state index in [1.165, 1.54) is 12.1 Å². The van der Waals surface area contributed by atoms with Crippen molar-refractivity contribution in [2.75, 3.05) is 6.54 Å². The summed E-state index contributed by atoms with van der Waals surface area (Å²) in [6, 6.07) is 6.36. The molecule has 0 unspecified atom stereocenters. The highest BCUT2D eigenvalue weighted by atomic mass is 19.1. The molecular formula is C13H15FN2O2. The van der Waals surface area contributed by atoms with Crippen molar-refractivity contribution in [1.82, 2.24) is 10.5 Å². The van der Waals surface area contributed by atoms with E-state index >= 15 is 0 Å². The molecule has 0 saturated heterocycles. The number of hydrogen-bond acceptors (Lipinski definition) is 4. The summed E-state index contributed by atoms with van der Waals surface area (Å²) in [6.45, 7) is 3.70. The highest BCUT2D eigenvalue weighted by Gasteiger charge is 2.03. The third-order valence-corrected chi connectivity index (χ3v) is 2.38. The van der Waals surface area contributed by atoms with Crippen molar-refractivity contribution in [2.45, 2.75) is 20.1 Å². The molecule has 18 heavy (non-hydrogen) atoms. The zero-order valence-corrected chi connectivity index (χ0v) is 10.1. The summed E-state index contributed by atoms with van der Waals surface area (Å²) in [6.07, 6.45) is 1.54. The van der Waals surface area contributed by atoms with Crippen LogP contribution >= 0.6 is 0 Å². The van der Waals surface area contributed by atoms with Gasteiger partial charge in [-0.3, -0.25) is 0 Å². The number of rotatable bonds is 6. The molecule has 0 atom stereocenters. The van der Waals surface area contributed by atoms with Gasteiger partial charge in [0.1, 0.15) is 18.2 Å². The van der Waals surface area contributed by atoms with Gasteiger partial charge in [-0.2, -0.15) is 0 Å². The van der Waals surface area contributed by atoms with Crippen molar-refractivity contribution in [2.24, 2.45) is 0 Å². The second-order valence-corrected chi connectivity index (χ2v) is 3.84. The number of hydrogen-bond donors (Lipinski definition) is 1. The van der Waals surface area contributed by atoms with Crippen LogP contribution in [0.3, 0.4) is 0 Å². The molecule has 0 fully saturated rings. The number of ether oxygens (including phenoxy) is 1. The lowest BCUT2D eigenvalue weighted by Crippen LogP contribution is -2.12. The summed E-state index contributed by atoms with van der Waals surface area (Å²) in [5.74, 6) is 0.782. The summed E-state index contributed by atoms with van der Waals surface area (Å²) in [7, 11) is 0. The zero-order chi connectivity index (χ0) is 12.8. The van der Waals surface area contributed by atoms with Crippen molar-refractivity contribution in [3.05, 3.63) is 47.6 Å². The smallest absolute Gasteiger partial charge is 0.174 e. The predicted octanol–water partition coefficient (Wildman–Crippen LogP) is 2.50. The van der Waals surface area contributed by atoms with Crippen LogP contribution in [0, 0.1) is 5.82 Å². The Morgan fingerprint density at radius 1 is 1.39 bits per heavy atom. The fraction of sp³-hybridized carbons (Fsp3) is 0.308. The Balaban J connectivity index is 2.00. The van der Waals surface area contributed by atoms with Crippen molar-refractivity contribution >= 4 is 0 Å². The van der Waals surface area contributed by atoms with E-state index in [4.69, 9.17) is 9.26 Å². The van der Waals surface area contributed by atoms with E-state index in [2.05, 4.69) is 10.5 Å². The Bertz CT molecular complexity index is 486. The summed E-state index contributed by atoms with van der Waals surface area (Å²) in [5, 5.41) is 6.71. The Kier molecular flexibility index (Phi) is 4.30. The summed E-state index contributed by atoms with van der Waals surface area (Å²) in [5.41, 5.74) is 0.851. The molecule has 0 aliphatic rings. The maximum Gasteiger partial charge on any atom is 0.174 e. The molecule has 1 aromatic heterocycles. The van der Waals surface area contributed by atoms with Gasteiger partial charge in [0, 0.05) is 18.7 Å². The number of nitrogens with zero attached hydrogens (tertiary/aromatic N) is 1. The Labute approximate surface area is 105 Å². The molecule has 0 amide bonds. The first kappa shape index (κ1) is 12.6. The standard InChI is InChI=1S/C13H15FN2O2/c1-2-15-8-10-5-11(14)7-13(6-10)17-9-12-3-4-16-18-12/h3-7,15H,2,8-9H2,1H3. The van der Waals surface area contributed by atoms with Gasteiger partial charge in [0.05, 0.1) is 6.20 Å². The maximum atomic E-state index is 13.4.